The quantitative estimate of drug-likeness (QED) is 0.803. The molecule has 0 radical (unpaired) electrons. The van der Waals surface area contributed by atoms with Gasteiger partial charge in [-0.1, -0.05) is 30.3 Å². The molecule has 1 aliphatic rings. The smallest absolute Gasteiger partial charge is 0.222 e. The van der Waals surface area contributed by atoms with E-state index in [0.717, 1.165) is 43.7 Å². The number of likely N-dealkylation sites (tertiary alicyclic amines) is 1. The standard InChI is InChI=1S/C19H25N3O2.2ClH/c1-20-16-10-12-22(13-11-16)19(23)9-5-8-18-21-14-17(24-18)15-6-3-2-4-7-15;;/h2-4,6-7,14,16,20H,5,8-13H2,1H3;2*1H. The van der Waals surface area contributed by atoms with Gasteiger partial charge in [0.2, 0.25) is 5.91 Å². The van der Waals surface area contributed by atoms with E-state index in [2.05, 4.69) is 10.3 Å². The molecule has 7 heteroatoms. The number of amides is 1. The van der Waals surface area contributed by atoms with Crippen molar-refractivity contribution in [2.24, 2.45) is 0 Å². The van der Waals surface area contributed by atoms with Crippen molar-refractivity contribution in [2.75, 3.05) is 20.1 Å². The van der Waals surface area contributed by atoms with Crippen molar-refractivity contribution in [3.05, 3.63) is 42.4 Å². The largest absolute Gasteiger partial charge is 0.441 e. The van der Waals surface area contributed by atoms with Gasteiger partial charge < -0.3 is 14.6 Å². The van der Waals surface area contributed by atoms with E-state index >= 15 is 0 Å². The minimum absolute atomic E-state index is 0. The lowest BCUT2D eigenvalue weighted by atomic mass is 10.0. The molecule has 0 saturated carbocycles. The molecule has 1 aliphatic heterocycles. The second kappa shape index (κ2) is 11.2. The molecule has 2 aromatic rings. The Morgan fingerprint density at radius 3 is 2.58 bits per heavy atom. The summed E-state index contributed by atoms with van der Waals surface area (Å²) in [5.74, 6) is 1.74. The first-order valence-electron chi connectivity index (χ1n) is 8.71. The molecule has 26 heavy (non-hydrogen) atoms. The number of benzene rings is 1. The number of halogens is 2. The zero-order valence-corrected chi connectivity index (χ0v) is 16.7. The van der Waals surface area contributed by atoms with Crippen molar-refractivity contribution in [1.82, 2.24) is 15.2 Å². The molecule has 0 aliphatic carbocycles. The molecule has 1 saturated heterocycles. The van der Waals surface area contributed by atoms with Crippen LogP contribution < -0.4 is 5.32 Å². The predicted octanol–water partition coefficient (Wildman–Crippen LogP) is 3.72. The van der Waals surface area contributed by atoms with Gasteiger partial charge in [0, 0.05) is 37.5 Å². The Bertz CT molecular complexity index is 656. The van der Waals surface area contributed by atoms with E-state index in [9.17, 15) is 4.79 Å². The van der Waals surface area contributed by atoms with Crippen molar-refractivity contribution in [3.8, 4) is 11.3 Å². The highest BCUT2D eigenvalue weighted by Crippen LogP contribution is 2.20. The average Bonchev–Trinajstić information content (AvgIpc) is 3.11. The van der Waals surface area contributed by atoms with Crippen LogP contribution in [-0.2, 0) is 11.2 Å². The maximum atomic E-state index is 12.3. The normalized spacial score (nSPS) is 14.4. The number of nitrogens with one attached hydrogen (secondary N) is 1. The number of oxazole rings is 1. The van der Waals surface area contributed by atoms with Gasteiger partial charge in [-0.15, -0.1) is 24.8 Å². The third-order valence-corrected chi connectivity index (χ3v) is 4.65. The SMILES string of the molecule is CNC1CCN(C(=O)CCCc2ncc(-c3ccccc3)o2)CC1.Cl.Cl. The number of rotatable bonds is 6. The molecule has 1 N–H and O–H groups in total. The Kier molecular flexibility index (Phi) is 9.70. The highest BCUT2D eigenvalue weighted by molar-refractivity contribution is 5.85. The summed E-state index contributed by atoms with van der Waals surface area (Å²) in [5.41, 5.74) is 1.03. The molecule has 3 rings (SSSR count). The lowest BCUT2D eigenvalue weighted by Crippen LogP contribution is -2.43. The number of nitrogens with zero attached hydrogens (tertiary/aromatic N) is 2. The van der Waals surface area contributed by atoms with Crippen LogP contribution in [0.5, 0.6) is 0 Å². The van der Waals surface area contributed by atoms with Gasteiger partial charge >= 0.3 is 0 Å². The molecule has 1 fully saturated rings. The van der Waals surface area contributed by atoms with E-state index in [0.29, 0.717) is 24.8 Å². The lowest BCUT2D eigenvalue weighted by Gasteiger charge is -2.31. The van der Waals surface area contributed by atoms with Crippen LogP contribution in [0.3, 0.4) is 0 Å². The maximum absolute atomic E-state index is 12.3. The fourth-order valence-corrected chi connectivity index (χ4v) is 3.13. The zero-order valence-electron chi connectivity index (χ0n) is 15.0. The summed E-state index contributed by atoms with van der Waals surface area (Å²) in [6.07, 6.45) is 5.89. The van der Waals surface area contributed by atoms with Crippen LogP contribution in [0, 0.1) is 0 Å². The number of carbonyl (C=O) groups excluding carboxylic acids is 1. The maximum Gasteiger partial charge on any atom is 0.222 e. The monoisotopic (exact) mass is 399 g/mol. The molecule has 0 spiro atoms. The highest BCUT2D eigenvalue weighted by Gasteiger charge is 2.21. The van der Waals surface area contributed by atoms with Crippen molar-refractivity contribution in [2.45, 2.75) is 38.1 Å². The van der Waals surface area contributed by atoms with Crippen molar-refractivity contribution in [1.29, 1.82) is 0 Å². The van der Waals surface area contributed by atoms with Gasteiger partial charge in [-0.3, -0.25) is 4.79 Å². The lowest BCUT2D eigenvalue weighted by molar-refractivity contribution is -0.132. The van der Waals surface area contributed by atoms with Crippen LogP contribution in [0.1, 0.15) is 31.6 Å². The first-order valence-corrected chi connectivity index (χ1v) is 8.71. The van der Waals surface area contributed by atoms with Crippen LogP contribution in [0.2, 0.25) is 0 Å². The first kappa shape index (κ1) is 22.5. The van der Waals surface area contributed by atoms with Crippen LogP contribution in [0.15, 0.2) is 40.9 Å². The van der Waals surface area contributed by atoms with Gasteiger partial charge in [0.15, 0.2) is 11.7 Å². The van der Waals surface area contributed by atoms with Gasteiger partial charge in [-0.05, 0) is 26.3 Å². The summed E-state index contributed by atoms with van der Waals surface area (Å²) in [4.78, 5) is 18.6. The molecular formula is C19H27Cl2N3O2. The minimum atomic E-state index is 0. The van der Waals surface area contributed by atoms with Crippen LogP contribution in [0.4, 0.5) is 0 Å². The second-order valence-corrected chi connectivity index (χ2v) is 6.28. The summed E-state index contributed by atoms with van der Waals surface area (Å²) in [6, 6.07) is 10.5. The number of hydrogen-bond donors (Lipinski definition) is 1. The molecule has 1 amide bonds. The fraction of sp³-hybridized carbons (Fsp3) is 0.474. The number of carbonyl (C=O) groups is 1. The van der Waals surface area contributed by atoms with Gasteiger partial charge in [0.05, 0.1) is 6.20 Å². The average molecular weight is 400 g/mol. The highest BCUT2D eigenvalue weighted by atomic mass is 35.5. The minimum Gasteiger partial charge on any atom is -0.441 e. The zero-order chi connectivity index (χ0) is 16.8. The summed E-state index contributed by atoms with van der Waals surface area (Å²) < 4.78 is 5.78. The molecule has 5 nitrogen and oxygen atoms in total. The molecule has 0 unspecified atom stereocenters. The van der Waals surface area contributed by atoms with Gasteiger partial charge in [-0.25, -0.2) is 4.98 Å². The summed E-state index contributed by atoms with van der Waals surface area (Å²) in [5, 5.41) is 3.29. The van der Waals surface area contributed by atoms with Gasteiger partial charge in [0.25, 0.3) is 0 Å². The fourth-order valence-electron chi connectivity index (χ4n) is 3.13. The third kappa shape index (κ3) is 6.01. The summed E-state index contributed by atoms with van der Waals surface area (Å²) in [6.45, 7) is 1.73. The topological polar surface area (TPSA) is 58.4 Å². The van der Waals surface area contributed by atoms with E-state index in [1.807, 2.05) is 42.3 Å². The van der Waals surface area contributed by atoms with Crippen LogP contribution in [-0.4, -0.2) is 42.0 Å². The van der Waals surface area contributed by atoms with Gasteiger partial charge in [0.1, 0.15) is 0 Å². The molecule has 0 bridgehead atoms. The number of aryl methyl sites for hydroxylation is 1. The van der Waals surface area contributed by atoms with Crippen molar-refractivity contribution < 1.29 is 9.21 Å². The van der Waals surface area contributed by atoms with Crippen LogP contribution >= 0.6 is 24.8 Å². The number of piperidine rings is 1. The first-order chi connectivity index (χ1) is 11.8. The van der Waals surface area contributed by atoms with E-state index in [4.69, 9.17) is 4.42 Å². The number of aromatic nitrogens is 1. The van der Waals surface area contributed by atoms with Crippen LogP contribution in [0.25, 0.3) is 11.3 Å². The molecular weight excluding hydrogens is 373 g/mol. The Hall–Kier alpha value is -1.56. The molecule has 0 atom stereocenters. The Morgan fingerprint density at radius 1 is 1.23 bits per heavy atom. The molecule has 144 valence electrons. The molecule has 2 heterocycles. The van der Waals surface area contributed by atoms with E-state index in [1.165, 1.54) is 0 Å². The predicted molar refractivity (Wildman–Crippen MR) is 108 cm³/mol. The third-order valence-electron chi connectivity index (χ3n) is 4.65. The van der Waals surface area contributed by atoms with Crippen molar-refractivity contribution >= 4 is 30.7 Å². The van der Waals surface area contributed by atoms with E-state index < -0.39 is 0 Å². The number of hydrogen-bond acceptors (Lipinski definition) is 4. The summed E-state index contributed by atoms with van der Waals surface area (Å²) in [7, 11) is 1.99. The van der Waals surface area contributed by atoms with E-state index in [1.54, 1.807) is 6.20 Å². The Morgan fingerprint density at radius 2 is 1.92 bits per heavy atom. The Balaban J connectivity index is 0.00000169. The molecule has 1 aromatic heterocycles. The van der Waals surface area contributed by atoms with Crippen molar-refractivity contribution in [3.63, 3.8) is 0 Å². The Labute approximate surface area is 167 Å². The van der Waals surface area contributed by atoms with Gasteiger partial charge in [-0.2, -0.15) is 0 Å². The molecule has 1 aromatic carbocycles. The summed E-state index contributed by atoms with van der Waals surface area (Å²) >= 11 is 0. The van der Waals surface area contributed by atoms with E-state index in [-0.39, 0.29) is 30.7 Å². The second-order valence-electron chi connectivity index (χ2n) is 6.28.